The summed E-state index contributed by atoms with van der Waals surface area (Å²) in [5.41, 5.74) is 0.394. The van der Waals surface area contributed by atoms with Gasteiger partial charge in [0, 0.05) is 32.3 Å². The fourth-order valence-electron chi connectivity index (χ4n) is 1.93. The molecule has 0 aliphatic heterocycles. The number of nitrogens with zero attached hydrogens (tertiary/aromatic N) is 1. The zero-order valence-corrected chi connectivity index (χ0v) is 17.8. The van der Waals surface area contributed by atoms with E-state index >= 15 is 0 Å². The molecule has 0 bridgehead atoms. The van der Waals surface area contributed by atoms with Crippen LogP contribution in [0.3, 0.4) is 0 Å². The molecule has 4 nitrogen and oxygen atoms in total. The van der Waals surface area contributed by atoms with Crippen LogP contribution < -0.4 is 10.6 Å². The van der Waals surface area contributed by atoms with Crippen molar-refractivity contribution in [2.45, 2.75) is 73.3 Å². The lowest BCUT2D eigenvalue weighted by Gasteiger charge is -2.23. The van der Waals surface area contributed by atoms with Gasteiger partial charge in [-0.1, -0.05) is 20.8 Å². The summed E-state index contributed by atoms with van der Waals surface area (Å²) in [6.07, 6.45) is 4.54. The molecule has 0 aliphatic rings. The fourth-order valence-corrected chi connectivity index (χ4v) is 1.93. The number of rotatable bonds is 10. The van der Waals surface area contributed by atoms with Crippen molar-refractivity contribution in [2.24, 2.45) is 10.4 Å². The van der Waals surface area contributed by atoms with Crippen LogP contribution in [0.5, 0.6) is 0 Å². The Hall–Kier alpha value is -0.0400. The molecule has 0 aromatic heterocycles. The van der Waals surface area contributed by atoms with Crippen molar-refractivity contribution in [3.63, 3.8) is 0 Å². The molecule has 0 spiro atoms. The Kier molecular flexibility index (Phi) is 16.0. The van der Waals surface area contributed by atoms with Crippen LogP contribution in [0.2, 0.25) is 0 Å². The van der Waals surface area contributed by atoms with Gasteiger partial charge in [0.1, 0.15) is 0 Å². The monoisotopic (exact) mass is 427 g/mol. The van der Waals surface area contributed by atoms with Gasteiger partial charge in [-0.2, -0.15) is 0 Å². The molecule has 0 saturated heterocycles. The topological polar surface area (TPSA) is 45.7 Å². The van der Waals surface area contributed by atoms with E-state index in [1.54, 1.807) is 0 Å². The van der Waals surface area contributed by atoms with Crippen LogP contribution in [0.4, 0.5) is 0 Å². The van der Waals surface area contributed by atoms with Crippen LogP contribution in [0.25, 0.3) is 0 Å². The average molecular weight is 427 g/mol. The maximum absolute atomic E-state index is 5.34. The van der Waals surface area contributed by atoms with E-state index in [-0.39, 0.29) is 24.0 Å². The van der Waals surface area contributed by atoms with Gasteiger partial charge in [0.15, 0.2) is 5.96 Å². The molecule has 0 amide bonds. The van der Waals surface area contributed by atoms with Crippen LogP contribution in [0.15, 0.2) is 4.99 Å². The van der Waals surface area contributed by atoms with E-state index in [9.17, 15) is 0 Å². The van der Waals surface area contributed by atoms with Crippen molar-refractivity contribution in [2.75, 3.05) is 26.3 Å². The Labute approximate surface area is 155 Å². The predicted molar refractivity (Wildman–Crippen MR) is 108 cm³/mol. The molecule has 0 radical (unpaired) electrons. The minimum atomic E-state index is 0. The molecule has 0 aromatic carbocycles. The quantitative estimate of drug-likeness (QED) is 0.238. The third-order valence-electron chi connectivity index (χ3n) is 3.23. The normalized spacial score (nSPS) is 13.5. The zero-order chi connectivity index (χ0) is 16.1. The molecule has 0 aliphatic carbocycles. The van der Waals surface area contributed by atoms with Gasteiger partial charge in [0.25, 0.3) is 0 Å². The number of hydrogen-bond acceptors (Lipinski definition) is 2. The number of unbranched alkanes of at least 4 members (excludes halogenated alkanes) is 1. The SMILES string of the molecule is CCNC(=NCCCCOCC)NC(C)CCC(C)(C)C.I. The Morgan fingerprint density at radius 3 is 2.41 bits per heavy atom. The third-order valence-corrected chi connectivity index (χ3v) is 3.23. The molecule has 1 unspecified atom stereocenters. The maximum atomic E-state index is 5.34. The Morgan fingerprint density at radius 1 is 1.18 bits per heavy atom. The number of halogens is 1. The lowest BCUT2D eigenvalue weighted by Crippen LogP contribution is -2.42. The van der Waals surface area contributed by atoms with Crippen molar-refractivity contribution in [1.82, 2.24) is 10.6 Å². The van der Waals surface area contributed by atoms with E-state index in [1.807, 2.05) is 6.92 Å². The Morgan fingerprint density at radius 2 is 1.86 bits per heavy atom. The second-order valence-corrected chi connectivity index (χ2v) is 6.81. The summed E-state index contributed by atoms with van der Waals surface area (Å²) in [6, 6.07) is 0.449. The highest BCUT2D eigenvalue weighted by atomic mass is 127. The molecule has 0 fully saturated rings. The van der Waals surface area contributed by atoms with Crippen LogP contribution in [0.1, 0.15) is 67.2 Å². The molecule has 5 heteroatoms. The summed E-state index contributed by atoms with van der Waals surface area (Å²) >= 11 is 0. The molecule has 0 rings (SSSR count). The van der Waals surface area contributed by atoms with Crippen molar-refractivity contribution >= 4 is 29.9 Å². The van der Waals surface area contributed by atoms with Crippen molar-refractivity contribution < 1.29 is 4.74 Å². The molecule has 22 heavy (non-hydrogen) atoms. The molecule has 1 atom stereocenters. The Balaban J connectivity index is 0. The summed E-state index contributed by atoms with van der Waals surface area (Å²) in [5, 5.41) is 6.82. The van der Waals surface area contributed by atoms with Gasteiger partial charge in [-0.3, -0.25) is 4.99 Å². The molecule has 0 heterocycles. The average Bonchev–Trinajstić information content (AvgIpc) is 2.40. The van der Waals surface area contributed by atoms with E-state index < -0.39 is 0 Å². The number of ether oxygens (including phenoxy) is 1. The van der Waals surface area contributed by atoms with Gasteiger partial charge in [-0.15, -0.1) is 24.0 Å². The van der Waals surface area contributed by atoms with Gasteiger partial charge in [-0.05, 0) is 51.9 Å². The van der Waals surface area contributed by atoms with Gasteiger partial charge in [0.05, 0.1) is 0 Å². The maximum Gasteiger partial charge on any atom is 0.191 e. The molecule has 0 saturated carbocycles. The van der Waals surface area contributed by atoms with Crippen molar-refractivity contribution in [3.05, 3.63) is 0 Å². The van der Waals surface area contributed by atoms with Crippen LogP contribution in [0, 0.1) is 5.41 Å². The highest BCUT2D eigenvalue weighted by Crippen LogP contribution is 2.21. The summed E-state index contributed by atoms with van der Waals surface area (Å²) < 4.78 is 5.34. The highest BCUT2D eigenvalue weighted by molar-refractivity contribution is 14.0. The summed E-state index contributed by atoms with van der Waals surface area (Å²) in [7, 11) is 0. The molecule has 2 N–H and O–H groups in total. The van der Waals surface area contributed by atoms with Gasteiger partial charge in [0.2, 0.25) is 0 Å². The van der Waals surface area contributed by atoms with E-state index in [0.717, 1.165) is 51.5 Å². The molecule has 0 aromatic rings. The first-order valence-electron chi connectivity index (χ1n) is 8.51. The van der Waals surface area contributed by atoms with E-state index in [1.165, 1.54) is 6.42 Å². The summed E-state index contributed by atoms with van der Waals surface area (Å²) in [6.45, 7) is 16.6. The molecular formula is C17H38IN3O. The van der Waals surface area contributed by atoms with Crippen LogP contribution in [-0.4, -0.2) is 38.3 Å². The summed E-state index contributed by atoms with van der Waals surface area (Å²) in [4.78, 5) is 4.63. The van der Waals surface area contributed by atoms with Crippen molar-refractivity contribution in [1.29, 1.82) is 0 Å². The van der Waals surface area contributed by atoms with E-state index in [2.05, 4.69) is 50.2 Å². The minimum Gasteiger partial charge on any atom is -0.382 e. The fraction of sp³-hybridized carbons (Fsp3) is 0.941. The second kappa shape index (κ2) is 14.5. The predicted octanol–water partition coefficient (Wildman–Crippen LogP) is 4.19. The van der Waals surface area contributed by atoms with Crippen molar-refractivity contribution in [3.8, 4) is 0 Å². The molecule has 134 valence electrons. The van der Waals surface area contributed by atoms with E-state index in [4.69, 9.17) is 4.74 Å². The largest absolute Gasteiger partial charge is 0.382 e. The second-order valence-electron chi connectivity index (χ2n) is 6.81. The first kappa shape index (κ1) is 24.2. The third kappa shape index (κ3) is 16.3. The summed E-state index contributed by atoms with van der Waals surface area (Å²) in [5.74, 6) is 0.940. The van der Waals surface area contributed by atoms with Crippen LogP contribution >= 0.6 is 24.0 Å². The number of guanidine groups is 1. The number of aliphatic imine (C=N–C) groups is 1. The number of nitrogens with one attached hydrogen (secondary N) is 2. The minimum absolute atomic E-state index is 0. The first-order chi connectivity index (χ1) is 9.89. The number of hydrogen-bond donors (Lipinski definition) is 2. The first-order valence-corrected chi connectivity index (χ1v) is 8.51. The lowest BCUT2D eigenvalue weighted by atomic mass is 9.89. The Bertz CT molecular complexity index is 278. The highest BCUT2D eigenvalue weighted by Gasteiger charge is 2.13. The molecular weight excluding hydrogens is 389 g/mol. The standard InChI is InChI=1S/C17H37N3O.HI/c1-7-18-16(19-13-9-10-14-21-8-2)20-15(3)11-12-17(4,5)6;/h15H,7-14H2,1-6H3,(H2,18,19,20);1H. The zero-order valence-electron chi connectivity index (χ0n) is 15.5. The smallest absolute Gasteiger partial charge is 0.191 e. The van der Waals surface area contributed by atoms with E-state index in [0.29, 0.717) is 11.5 Å². The lowest BCUT2D eigenvalue weighted by molar-refractivity contribution is 0.144. The van der Waals surface area contributed by atoms with Gasteiger partial charge in [-0.25, -0.2) is 0 Å². The van der Waals surface area contributed by atoms with Gasteiger partial charge >= 0.3 is 0 Å². The van der Waals surface area contributed by atoms with Crippen LogP contribution in [-0.2, 0) is 4.74 Å². The van der Waals surface area contributed by atoms with Gasteiger partial charge < -0.3 is 15.4 Å².